The van der Waals surface area contributed by atoms with Crippen LogP contribution < -0.4 is 5.32 Å². The number of methoxy groups -OCH3 is 2. The van der Waals surface area contributed by atoms with Crippen LogP contribution in [0, 0.1) is 0 Å². The fourth-order valence-electron chi connectivity index (χ4n) is 1.78. The van der Waals surface area contributed by atoms with E-state index in [4.69, 9.17) is 14.2 Å². The van der Waals surface area contributed by atoms with Gasteiger partial charge in [0.05, 0.1) is 26.4 Å². The highest BCUT2D eigenvalue weighted by Crippen LogP contribution is 2.13. The highest BCUT2D eigenvalue weighted by atomic mass is 16.5. The lowest BCUT2D eigenvalue weighted by molar-refractivity contribution is 0.0617. The van der Waals surface area contributed by atoms with Gasteiger partial charge in [0.1, 0.15) is 0 Å². The van der Waals surface area contributed by atoms with Gasteiger partial charge < -0.3 is 19.5 Å². The molecule has 1 atom stereocenters. The van der Waals surface area contributed by atoms with Crippen LogP contribution in [0.1, 0.15) is 18.9 Å². The van der Waals surface area contributed by atoms with Crippen molar-refractivity contribution in [1.29, 1.82) is 0 Å². The van der Waals surface area contributed by atoms with Gasteiger partial charge in [-0.3, -0.25) is 0 Å². The second-order valence-corrected chi connectivity index (χ2v) is 4.45. The van der Waals surface area contributed by atoms with E-state index in [1.165, 1.54) is 0 Å². The molecule has 0 fully saturated rings. The summed E-state index contributed by atoms with van der Waals surface area (Å²) in [5.41, 5.74) is 2.27. The predicted octanol–water partition coefficient (Wildman–Crippen LogP) is 2.69. The monoisotopic (exact) mass is 267 g/mol. The summed E-state index contributed by atoms with van der Waals surface area (Å²) in [6, 6.07) is 8.63. The molecule has 4 heteroatoms. The van der Waals surface area contributed by atoms with Gasteiger partial charge in [-0.05, 0) is 24.1 Å². The van der Waals surface area contributed by atoms with E-state index < -0.39 is 0 Å². The predicted molar refractivity (Wildman–Crippen MR) is 77.6 cm³/mol. The fourth-order valence-corrected chi connectivity index (χ4v) is 1.78. The number of hydrogen-bond acceptors (Lipinski definition) is 4. The second kappa shape index (κ2) is 9.78. The molecule has 0 aliphatic carbocycles. The van der Waals surface area contributed by atoms with Gasteiger partial charge in [-0.2, -0.15) is 0 Å². The standard InChI is InChI=1S/C15H25NO3/c1-4-14(12-18-3)16-15-7-5-6-13(10-15)11-19-9-8-17-2/h5-7,10,14,16H,4,8-9,11-12H2,1-3H3. The van der Waals surface area contributed by atoms with E-state index in [2.05, 4.69) is 30.4 Å². The molecule has 19 heavy (non-hydrogen) atoms. The van der Waals surface area contributed by atoms with Crippen molar-refractivity contribution >= 4 is 5.69 Å². The molecule has 0 amide bonds. The summed E-state index contributed by atoms with van der Waals surface area (Å²) >= 11 is 0. The minimum absolute atomic E-state index is 0.342. The molecule has 0 heterocycles. The smallest absolute Gasteiger partial charge is 0.0718 e. The van der Waals surface area contributed by atoms with Crippen LogP contribution in [-0.2, 0) is 20.8 Å². The molecule has 0 saturated carbocycles. The Labute approximate surface area is 116 Å². The lowest BCUT2D eigenvalue weighted by atomic mass is 10.1. The highest BCUT2D eigenvalue weighted by Gasteiger charge is 2.05. The van der Waals surface area contributed by atoms with Gasteiger partial charge in [0, 0.05) is 25.9 Å². The second-order valence-electron chi connectivity index (χ2n) is 4.45. The van der Waals surface area contributed by atoms with Crippen LogP contribution in [0.5, 0.6) is 0 Å². The van der Waals surface area contributed by atoms with Crippen molar-refractivity contribution in [1.82, 2.24) is 0 Å². The Bertz CT molecular complexity index is 344. The third-order valence-electron chi connectivity index (χ3n) is 2.86. The molecule has 1 aromatic rings. The molecule has 0 spiro atoms. The van der Waals surface area contributed by atoms with Crippen LogP contribution in [0.15, 0.2) is 24.3 Å². The zero-order valence-electron chi connectivity index (χ0n) is 12.1. The van der Waals surface area contributed by atoms with E-state index in [0.29, 0.717) is 32.5 Å². The zero-order valence-corrected chi connectivity index (χ0v) is 12.1. The van der Waals surface area contributed by atoms with Gasteiger partial charge >= 0.3 is 0 Å². The first-order valence-corrected chi connectivity index (χ1v) is 6.71. The normalized spacial score (nSPS) is 12.4. The number of benzene rings is 1. The minimum atomic E-state index is 0.342. The molecule has 0 aromatic heterocycles. The van der Waals surface area contributed by atoms with E-state index >= 15 is 0 Å². The van der Waals surface area contributed by atoms with E-state index in [1.54, 1.807) is 14.2 Å². The van der Waals surface area contributed by atoms with Gasteiger partial charge in [-0.25, -0.2) is 0 Å². The molecule has 0 bridgehead atoms. The lowest BCUT2D eigenvalue weighted by Crippen LogP contribution is -2.23. The van der Waals surface area contributed by atoms with Crippen LogP contribution >= 0.6 is 0 Å². The summed E-state index contributed by atoms with van der Waals surface area (Å²) in [5, 5.41) is 3.47. The molecule has 1 rings (SSSR count). The number of ether oxygens (including phenoxy) is 3. The van der Waals surface area contributed by atoms with E-state index in [1.807, 2.05) is 6.07 Å². The minimum Gasteiger partial charge on any atom is -0.383 e. The number of nitrogens with one attached hydrogen (secondary N) is 1. The van der Waals surface area contributed by atoms with Crippen LogP contribution in [0.4, 0.5) is 5.69 Å². The third-order valence-corrected chi connectivity index (χ3v) is 2.86. The van der Waals surface area contributed by atoms with Crippen molar-refractivity contribution in [2.45, 2.75) is 26.0 Å². The fraction of sp³-hybridized carbons (Fsp3) is 0.600. The average molecular weight is 267 g/mol. The van der Waals surface area contributed by atoms with E-state index in [9.17, 15) is 0 Å². The number of rotatable bonds is 10. The summed E-state index contributed by atoms with van der Waals surface area (Å²) in [4.78, 5) is 0. The molecule has 0 saturated heterocycles. The van der Waals surface area contributed by atoms with Gasteiger partial charge in [0.25, 0.3) is 0 Å². The van der Waals surface area contributed by atoms with Crippen molar-refractivity contribution in [2.75, 3.05) is 39.4 Å². The Hall–Kier alpha value is -1.10. The van der Waals surface area contributed by atoms with Gasteiger partial charge in [0.15, 0.2) is 0 Å². The maximum Gasteiger partial charge on any atom is 0.0718 e. The molecule has 0 radical (unpaired) electrons. The maximum atomic E-state index is 5.52. The summed E-state index contributed by atoms with van der Waals surface area (Å²) in [7, 11) is 3.40. The molecule has 0 aliphatic heterocycles. The molecule has 1 N–H and O–H groups in total. The number of hydrogen-bond donors (Lipinski definition) is 1. The van der Waals surface area contributed by atoms with Crippen molar-refractivity contribution in [2.24, 2.45) is 0 Å². The third kappa shape index (κ3) is 6.57. The Kier molecular flexibility index (Phi) is 8.21. The average Bonchev–Trinajstić information content (AvgIpc) is 2.43. The van der Waals surface area contributed by atoms with Gasteiger partial charge in [-0.1, -0.05) is 19.1 Å². The summed E-state index contributed by atoms with van der Waals surface area (Å²) in [5.74, 6) is 0. The summed E-state index contributed by atoms with van der Waals surface area (Å²) < 4.78 is 15.7. The SMILES string of the molecule is CCC(COC)Nc1cccc(COCCOC)c1. The topological polar surface area (TPSA) is 39.7 Å². The van der Waals surface area contributed by atoms with Crippen LogP contribution in [0.25, 0.3) is 0 Å². The Morgan fingerprint density at radius 1 is 1.16 bits per heavy atom. The summed E-state index contributed by atoms with van der Waals surface area (Å²) in [6.45, 7) is 4.72. The molecule has 0 aliphatic rings. The van der Waals surface area contributed by atoms with Gasteiger partial charge in [0.2, 0.25) is 0 Å². The zero-order chi connectivity index (χ0) is 13.9. The van der Waals surface area contributed by atoms with Crippen LogP contribution in [0.3, 0.4) is 0 Å². The Morgan fingerprint density at radius 3 is 2.68 bits per heavy atom. The molecule has 108 valence electrons. The van der Waals surface area contributed by atoms with Crippen molar-refractivity contribution in [3.8, 4) is 0 Å². The molecular weight excluding hydrogens is 242 g/mol. The van der Waals surface area contributed by atoms with E-state index in [0.717, 1.165) is 17.7 Å². The first kappa shape index (κ1) is 16.0. The van der Waals surface area contributed by atoms with Crippen LogP contribution in [0.2, 0.25) is 0 Å². The van der Waals surface area contributed by atoms with Crippen LogP contribution in [-0.4, -0.2) is 40.1 Å². The summed E-state index contributed by atoms with van der Waals surface area (Å²) in [6.07, 6.45) is 1.03. The lowest BCUT2D eigenvalue weighted by Gasteiger charge is -2.17. The molecule has 4 nitrogen and oxygen atoms in total. The molecule has 1 aromatic carbocycles. The first-order valence-electron chi connectivity index (χ1n) is 6.71. The van der Waals surface area contributed by atoms with Crippen molar-refractivity contribution in [3.05, 3.63) is 29.8 Å². The number of anilines is 1. The first-order chi connectivity index (χ1) is 9.30. The maximum absolute atomic E-state index is 5.52. The van der Waals surface area contributed by atoms with Gasteiger partial charge in [-0.15, -0.1) is 0 Å². The highest BCUT2D eigenvalue weighted by molar-refractivity contribution is 5.46. The van der Waals surface area contributed by atoms with Crippen molar-refractivity contribution in [3.63, 3.8) is 0 Å². The Balaban J connectivity index is 2.46. The Morgan fingerprint density at radius 2 is 2.00 bits per heavy atom. The molecular formula is C15H25NO3. The quantitative estimate of drug-likeness (QED) is 0.662. The molecule has 1 unspecified atom stereocenters. The van der Waals surface area contributed by atoms with Crippen molar-refractivity contribution < 1.29 is 14.2 Å². The van der Waals surface area contributed by atoms with E-state index in [-0.39, 0.29) is 0 Å². The largest absolute Gasteiger partial charge is 0.383 e.